The molecule has 3 aromatic rings. The highest BCUT2D eigenvalue weighted by molar-refractivity contribution is 6.30. The van der Waals surface area contributed by atoms with Crippen LogP contribution in [0.5, 0.6) is 5.75 Å². The van der Waals surface area contributed by atoms with Crippen LogP contribution in [0.15, 0.2) is 48.5 Å². The third-order valence-electron chi connectivity index (χ3n) is 3.86. The van der Waals surface area contributed by atoms with E-state index in [0.29, 0.717) is 22.2 Å². The number of halogens is 1. The number of carbonyl (C=O) groups is 1. The van der Waals surface area contributed by atoms with E-state index in [1.165, 1.54) is 16.8 Å². The summed E-state index contributed by atoms with van der Waals surface area (Å²) in [5, 5.41) is 22.1. The van der Waals surface area contributed by atoms with Gasteiger partial charge in [0, 0.05) is 17.2 Å². The van der Waals surface area contributed by atoms with Crippen molar-refractivity contribution >= 4 is 23.2 Å². The Hall–Kier alpha value is -3.46. The van der Waals surface area contributed by atoms with Crippen LogP contribution in [-0.4, -0.2) is 39.0 Å². The molecular weight excluding hydrogens is 386 g/mol. The minimum atomic E-state index is -0.496. The third kappa shape index (κ3) is 4.44. The van der Waals surface area contributed by atoms with Crippen molar-refractivity contribution in [1.29, 1.82) is 0 Å². The first-order valence-corrected chi connectivity index (χ1v) is 8.67. The Labute approximate surface area is 165 Å². The summed E-state index contributed by atoms with van der Waals surface area (Å²) in [5.41, 5.74) is 0.983. The van der Waals surface area contributed by atoms with Crippen molar-refractivity contribution in [3.63, 3.8) is 0 Å². The van der Waals surface area contributed by atoms with Gasteiger partial charge in [-0.15, -0.1) is 5.10 Å². The fraction of sp³-hybridized carbons (Fsp3) is 0.167. The van der Waals surface area contributed by atoms with Gasteiger partial charge in [0.25, 0.3) is 11.6 Å². The first-order chi connectivity index (χ1) is 13.5. The topological polar surface area (TPSA) is 112 Å². The van der Waals surface area contributed by atoms with E-state index in [1.54, 1.807) is 43.3 Å². The molecule has 3 rings (SSSR count). The van der Waals surface area contributed by atoms with Crippen LogP contribution in [0.1, 0.15) is 16.2 Å². The van der Waals surface area contributed by atoms with Crippen molar-refractivity contribution in [2.75, 3.05) is 13.2 Å². The molecule has 1 heterocycles. The Morgan fingerprint density at radius 2 is 2.04 bits per heavy atom. The second kappa shape index (κ2) is 8.49. The van der Waals surface area contributed by atoms with E-state index in [-0.39, 0.29) is 24.5 Å². The van der Waals surface area contributed by atoms with Crippen LogP contribution in [0.2, 0.25) is 5.02 Å². The highest BCUT2D eigenvalue weighted by atomic mass is 35.5. The molecule has 0 unspecified atom stereocenters. The minimum Gasteiger partial charge on any atom is -0.492 e. The van der Waals surface area contributed by atoms with Crippen molar-refractivity contribution in [1.82, 2.24) is 20.3 Å². The number of ether oxygens (including phenoxy) is 1. The SMILES string of the molecule is Cc1c(C(=O)NCCOc2ccc(Cl)cc2)nnn1-c1cccc([N+](=O)[O-])c1. The highest BCUT2D eigenvalue weighted by Crippen LogP contribution is 2.18. The molecule has 0 radical (unpaired) electrons. The molecule has 0 saturated heterocycles. The lowest BCUT2D eigenvalue weighted by Crippen LogP contribution is -2.29. The van der Waals surface area contributed by atoms with Crippen molar-refractivity contribution in [3.8, 4) is 11.4 Å². The summed E-state index contributed by atoms with van der Waals surface area (Å²) >= 11 is 5.81. The predicted molar refractivity (Wildman–Crippen MR) is 102 cm³/mol. The maximum atomic E-state index is 12.3. The lowest BCUT2D eigenvalue weighted by Gasteiger charge is -2.07. The molecule has 28 heavy (non-hydrogen) atoms. The Kier molecular flexibility index (Phi) is 5.85. The Balaban J connectivity index is 1.61. The number of nitro benzene ring substituents is 1. The lowest BCUT2D eigenvalue weighted by atomic mass is 10.2. The maximum absolute atomic E-state index is 12.3. The average molecular weight is 402 g/mol. The summed E-state index contributed by atoms with van der Waals surface area (Å²) in [7, 11) is 0. The Morgan fingerprint density at radius 1 is 1.29 bits per heavy atom. The fourth-order valence-corrected chi connectivity index (χ4v) is 2.60. The number of carbonyl (C=O) groups excluding carboxylic acids is 1. The summed E-state index contributed by atoms with van der Waals surface area (Å²) in [6.07, 6.45) is 0. The van der Waals surface area contributed by atoms with E-state index < -0.39 is 10.8 Å². The first-order valence-electron chi connectivity index (χ1n) is 8.29. The van der Waals surface area contributed by atoms with Gasteiger partial charge in [-0.05, 0) is 37.3 Å². The zero-order valence-electron chi connectivity index (χ0n) is 14.8. The molecule has 9 nitrogen and oxygen atoms in total. The summed E-state index contributed by atoms with van der Waals surface area (Å²) in [6.45, 7) is 2.20. The van der Waals surface area contributed by atoms with E-state index >= 15 is 0 Å². The number of nitro groups is 1. The summed E-state index contributed by atoms with van der Waals surface area (Å²) in [4.78, 5) is 22.8. The molecule has 1 aromatic heterocycles. The molecule has 1 amide bonds. The van der Waals surface area contributed by atoms with Crippen LogP contribution < -0.4 is 10.1 Å². The van der Waals surface area contributed by atoms with E-state index in [2.05, 4.69) is 15.6 Å². The van der Waals surface area contributed by atoms with Gasteiger partial charge in [-0.25, -0.2) is 4.68 Å². The molecule has 0 aliphatic carbocycles. The van der Waals surface area contributed by atoms with Gasteiger partial charge in [0.15, 0.2) is 5.69 Å². The summed E-state index contributed by atoms with van der Waals surface area (Å²) < 4.78 is 6.89. The molecule has 0 fully saturated rings. The normalized spacial score (nSPS) is 10.5. The number of non-ortho nitro benzene ring substituents is 1. The van der Waals surface area contributed by atoms with Crippen LogP contribution in [-0.2, 0) is 0 Å². The predicted octanol–water partition coefficient (Wildman–Crippen LogP) is 2.95. The van der Waals surface area contributed by atoms with Crippen LogP contribution in [0, 0.1) is 17.0 Å². The molecule has 0 bridgehead atoms. The summed E-state index contributed by atoms with van der Waals surface area (Å²) in [5.74, 6) is 0.236. The molecule has 0 saturated carbocycles. The lowest BCUT2D eigenvalue weighted by molar-refractivity contribution is -0.384. The van der Waals surface area contributed by atoms with Crippen LogP contribution in [0.4, 0.5) is 5.69 Å². The van der Waals surface area contributed by atoms with Gasteiger partial charge < -0.3 is 10.1 Å². The van der Waals surface area contributed by atoms with Gasteiger partial charge in [-0.1, -0.05) is 22.9 Å². The third-order valence-corrected chi connectivity index (χ3v) is 4.12. The van der Waals surface area contributed by atoms with Crippen molar-refractivity contribution in [2.24, 2.45) is 0 Å². The van der Waals surface area contributed by atoms with Crippen molar-refractivity contribution < 1.29 is 14.5 Å². The number of nitrogens with zero attached hydrogens (tertiary/aromatic N) is 4. The molecule has 10 heteroatoms. The van der Waals surface area contributed by atoms with Crippen molar-refractivity contribution in [2.45, 2.75) is 6.92 Å². The smallest absolute Gasteiger partial charge is 0.273 e. The number of benzene rings is 2. The number of nitrogens with one attached hydrogen (secondary N) is 1. The van der Waals surface area contributed by atoms with E-state index in [4.69, 9.17) is 16.3 Å². The summed E-state index contributed by atoms with van der Waals surface area (Å²) in [6, 6.07) is 12.8. The number of aromatic nitrogens is 3. The molecule has 0 aliphatic rings. The minimum absolute atomic E-state index is 0.0715. The van der Waals surface area contributed by atoms with Gasteiger partial charge in [0.05, 0.1) is 22.8 Å². The second-order valence-electron chi connectivity index (χ2n) is 5.77. The second-order valence-corrected chi connectivity index (χ2v) is 6.21. The first kappa shape index (κ1) is 19.3. The molecule has 0 atom stereocenters. The fourth-order valence-electron chi connectivity index (χ4n) is 2.47. The number of hydrogen-bond donors (Lipinski definition) is 1. The van der Waals surface area contributed by atoms with Crippen LogP contribution in [0.3, 0.4) is 0 Å². The maximum Gasteiger partial charge on any atom is 0.273 e. The zero-order chi connectivity index (χ0) is 20.1. The molecule has 2 aromatic carbocycles. The highest BCUT2D eigenvalue weighted by Gasteiger charge is 2.18. The van der Waals surface area contributed by atoms with Gasteiger partial charge in [-0.2, -0.15) is 0 Å². The van der Waals surface area contributed by atoms with Gasteiger partial charge in [0.1, 0.15) is 12.4 Å². The number of amides is 1. The molecule has 0 aliphatic heterocycles. The van der Waals surface area contributed by atoms with Gasteiger partial charge in [-0.3, -0.25) is 14.9 Å². The van der Waals surface area contributed by atoms with Gasteiger partial charge >= 0.3 is 0 Å². The van der Waals surface area contributed by atoms with E-state index in [9.17, 15) is 14.9 Å². The molecular formula is C18H16ClN5O4. The largest absolute Gasteiger partial charge is 0.492 e. The van der Waals surface area contributed by atoms with E-state index in [0.717, 1.165) is 0 Å². The average Bonchev–Trinajstić information content (AvgIpc) is 3.08. The van der Waals surface area contributed by atoms with Crippen LogP contribution in [0.25, 0.3) is 5.69 Å². The van der Waals surface area contributed by atoms with Crippen LogP contribution >= 0.6 is 11.6 Å². The Morgan fingerprint density at radius 3 is 2.75 bits per heavy atom. The monoisotopic (exact) mass is 401 g/mol. The standard InChI is InChI=1S/C18H16ClN5O4/c1-12-17(18(25)20-9-10-28-16-7-5-13(19)6-8-16)21-22-23(12)14-3-2-4-15(11-14)24(26)27/h2-8,11H,9-10H2,1H3,(H,20,25). The quantitative estimate of drug-likeness (QED) is 0.370. The molecule has 1 N–H and O–H groups in total. The molecule has 144 valence electrons. The molecule has 0 spiro atoms. The zero-order valence-corrected chi connectivity index (χ0v) is 15.6. The van der Waals surface area contributed by atoms with Gasteiger partial charge in [0.2, 0.25) is 0 Å². The van der Waals surface area contributed by atoms with E-state index in [1.807, 2.05) is 0 Å². The van der Waals surface area contributed by atoms with Crippen molar-refractivity contribution in [3.05, 3.63) is 75.1 Å². The number of hydrogen-bond acceptors (Lipinski definition) is 6. The number of rotatable bonds is 7. The Bertz CT molecular complexity index is 1000.